The highest BCUT2D eigenvalue weighted by molar-refractivity contribution is 5.64. The number of ether oxygens (including phenoxy) is 3. The van der Waals surface area contributed by atoms with E-state index in [2.05, 4.69) is 34.1 Å². The Kier molecular flexibility index (Phi) is 6.36. The molecule has 7 heteroatoms. The van der Waals surface area contributed by atoms with Crippen molar-refractivity contribution in [3.8, 4) is 5.75 Å². The Morgan fingerprint density at radius 1 is 1.12 bits per heavy atom. The summed E-state index contributed by atoms with van der Waals surface area (Å²) in [5, 5.41) is 0. The molecule has 2 N–H and O–H groups in total. The molecule has 0 radical (unpaired) electrons. The van der Waals surface area contributed by atoms with Crippen molar-refractivity contribution in [2.75, 3.05) is 57.4 Å². The molecule has 1 amide bonds. The van der Waals surface area contributed by atoms with Crippen LogP contribution in [0.2, 0.25) is 0 Å². The summed E-state index contributed by atoms with van der Waals surface area (Å²) in [7, 11) is 0. The van der Waals surface area contributed by atoms with E-state index in [-0.39, 0.29) is 6.10 Å². The first kappa shape index (κ1) is 17.8. The van der Waals surface area contributed by atoms with Crippen LogP contribution in [-0.4, -0.2) is 69.6 Å². The molecule has 1 aromatic carbocycles. The molecule has 0 aliphatic carbocycles. The zero-order valence-electron chi connectivity index (χ0n) is 14.6. The molecule has 0 bridgehead atoms. The van der Waals surface area contributed by atoms with Gasteiger partial charge in [-0.1, -0.05) is 0 Å². The zero-order chi connectivity index (χ0) is 17.5. The summed E-state index contributed by atoms with van der Waals surface area (Å²) in [4.78, 5) is 15.2. The molecule has 0 saturated carbocycles. The molecule has 3 rings (SSSR count). The number of hydrogen-bond donors (Lipinski definition) is 1. The van der Waals surface area contributed by atoms with Gasteiger partial charge in [0.25, 0.3) is 0 Å². The van der Waals surface area contributed by atoms with Crippen LogP contribution in [0.3, 0.4) is 0 Å². The standard InChI is InChI=1S/C18H27N3O4/c19-18(22)24-14-11-20-7-9-21(10-8-20)15-1-3-16(4-2-15)25-17-5-12-23-13-6-17/h1-4,17H,5-14H2,(H2,19,22). The average Bonchev–Trinajstić information content (AvgIpc) is 2.64. The Morgan fingerprint density at radius 2 is 1.80 bits per heavy atom. The molecule has 0 spiro atoms. The molecule has 2 aliphatic rings. The van der Waals surface area contributed by atoms with E-state index in [1.165, 1.54) is 5.69 Å². The summed E-state index contributed by atoms with van der Waals surface area (Å²) in [6, 6.07) is 8.36. The molecule has 25 heavy (non-hydrogen) atoms. The predicted molar refractivity (Wildman–Crippen MR) is 95.1 cm³/mol. The monoisotopic (exact) mass is 349 g/mol. The lowest BCUT2D eigenvalue weighted by Gasteiger charge is -2.36. The number of nitrogens with two attached hydrogens (primary N) is 1. The number of carbonyl (C=O) groups is 1. The molecular formula is C18H27N3O4. The van der Waals surface area contributed by atoms with Gasteiger partial charge in [0.05, 0.1) is 13.2 Å². The van der Waals surface area contributed by atoms with Gasteiger partial charge in [-0.3, -0.25) is 4.90 Å². The highest BCUT2D eigenvalue weighted by atomic mass is 16.5. The van der Waals surface area contributed by atoms with E-state index in [0.29, 0.717) is 6.61 Å². The number of piperazine rings is 1. The van der Waals surface area contributed by atoms with E-state index in [1.807, 2.05) is 0 Å². The van der Waals surface area contributed by atoms with Crippen molar-refractivity contribution in [2.45, 2.75) is 18.9 Å². The third kappa shape index (κ3) is 5.51. The molecule has 2 aliphatic heterocycles. The van der Waals surface area contributed by atoms with Gasteiger partial charge in [0.1, 0.15) is 18.5 Å². The number of hydrogen-bond acceptors (Lipinski definition) is 6. The van der Waals surface area contributed by atoms with Gasteiger partial charge in [0.2, 0.25) is 0 Å². The van der Waals surface area contributed by atoms with Crippen molar-refractivity contribution in [1.29, 1.82) is 0 Å². The number of benzene rings is 1. The second-order valence-electron chi connectivity index (χ2n) is 6.42. The number of rotatable bonds is 6. The molecule has 7 nitrogen and oxygen atoms in total. The highest BCUT2D eigenvalue weighted by Crippen LogP contribution is 2.23. The Morgan fingerprint density at radius 3 is 2.44 bits per heavy atom. The van der Waals surface area contributed by atoms with Crippen LogP contribution in [0.4, 0.5) is 10.5 Å². The Labute approximate surface area is 148 Å². The van der Waals surface area contributed by atoms with Crippen LogP contribution in [0, 0.1) is 0 Å². The lowest BCUT2D eigenvalue weighted by Crippen LogP contribution is -2.47. The zero-order valence-corrected chi connectivity index (χ0v) is 14.6. The summed E-state index contributed by atoms with van der Waals surface area (Å²) in [6.07, 6.45) is 1.49. The van der Waals surface area contributed by atoms with E-state index < -0.39 is 6.09 Å². The molecule has 138 valence electrons. The number of primary amides is 1. The maximum absolute atomic E-state index is 10.6. The van der Waals surface area contributed by atoms with Gasteiger partial charge in [0.15, 0.2) is 0 Å². The summed E-state index contributed by atoms with van der Waals surface area (Å²) in [6.45, 7) is 6.47. The maximum Gasteiger partial charge on any atom is 0.404 e. The number of nitrogens with zero attached hydrogens (tertiary/aromatic N) is 2. The molecular weight excluding hydrogens is 322 g/mol. The van der Waals surface area contributed by atoms with E-state index in [4.69, 9.17) is 19.9 Å². The largest absolute Gasteiger partial charge is 0.490 e. The minimum Gasteiger partial charge on any atom is -0.490 e. The molecule has 1 aromatic rings. The van der Waals surface area contributed by atoms with E-state index in [1.54, 1.807) is 0 Å². The molecule has 0 aromatic heterocycles. The maximum atomic E-state index is 10.6. The Hall–Kier alpha value is -1.99. The third-order valence-electron chi connectivity index (χ3n) is 4.70. The van der Waals surface area contributed by atoms with Crippen molar-refractivity contribution in [1.82, 2.24) is 4.90 Å². The van der Waals surface area contributed by atoms with E-state index >= 15 is 0 Å². The minimum atomic E-state index is -0.707. The lowest BCUT2D eigenvalue weighted by atomic mass is 10.1. The van der Waals surface area contributed by atoms with Crippen LogP contribution < -0.4 is 15.4 Å². The van der Waals surface area contributed by atoms with Gasteiger partial charge in [-0.15, -0.1) is 0 Å². The van der Waals surface area contributed by atoms with Gasteiger partial charge in [-0.05, 0) is 24.3 Å². The normalized spacial score (nSPS) is 19.6. The Balaban J connectivity index is 1.43. The van der Waals surface area contributed by atoms with Crippen LogP contribution in [0.5, 0.6) is 5.75 Å². The fourth-order valence-electron chi connectivity index (χ4n) is 3.23. The van der Waals surface area contributed by atoms with Gasteiger partial charge >= 0.3 is 6.09 Å². The quantitative estimate of drug-likeness (QED) is 0.838. The summed E-state index contributed by atoms with van der Waals surface area (Å²) in [5.41, 5.74) is 6.19. The highest BCUT2D eigenvalue weighted by Gasteiger charge is 2.18. The van der Waals surface area contributed by atoms with Gasteiger partial charge in [-0.2, -0.15) is 0 Å². The summed E-state index contributed by atoms with van der Waals surface area (Å²) < 4.78 is 16.2. The Bertz CT molecular complexity index is 538. The SMILES string of the molecule is NC(=O)OCCN1CCN(c2ccc(OC3CCOCC3)cc2)CC1. The smallest absolute Gasteiger partial charge is 0.404 e. The van der Waals surface area contributed by atoms with Crippen molar-refractivity contribution in [3.05, 3.63) is 24.3 Å². The van der Waals surface area contributed by atoms with Gasteiger partial charge in [-0.25, -0.2) is 4.79 Å². The van der Waals surface area contributed by atoms with Crippen LogP contribution >= 0.6 is 0 Å². The fraction of sp³-hybridized carbons (Fsp3) is 0.611. The molecule has 0 atom stereocenters. The molecule has 0 unspecified atom stereocenters. The first-order valence-electron chi connectivity index (χ1n) is 8.95. The second kappa shape index (κ2) is 8.92. The van der Waals surface area contributed by atoms with Crippen LogP contribution in [0.25, 0.3) is 0 Å². The molecule has 2 heterocycles. The van der Waals surface area contributed by atoms with Gasteiger partial charge in [0, 0.05) is 51.3 Å². The number of anilines is 1. The predicted octanol–water partition coefficient (Wildman–Crippen LogP) is 1.46. The van der Waals surface area contributed by atoms with E-state index in [0.717, 1.165) is 64.5 Å². The van der Waals surface area contributed by atoms with Crippen LogP contribution in [0.15, 0.2) is 24.3 Å². The second-order valence-corrected chi connectivity index (χ2v) is 6.42. The topological polar surface area (TPSA) is 77.3 Å². The first-order chi connectivity index (χ1) is 12.2. The first-order valence-corrected chi connectivity index (χ1v) is 8.95. The van der Waals surface area contributed by atoms with Crippen molar-refractivity contribution < 1.29 is 19.0 Å². The van der Waals surface area contributed by atoms with E-state index in [9.17, 15) is 4.79 Å². The van der Waals surface area contributed by atoms with Crippen molar-refractivity contribution in [3.63, 3.8) is 0 Å². The molecule has 2 fully saturated rings. The van der Waals surface area contributed by atoms with Crippen LogP contribution in [-0.2, 0) is 9.47 Å². The van der Waals surface area contributed by atoms with Crippen molar-refractivity contribution >= 4 is 11.8 Å². The minimum absolute atomic E-state index is 0.269. The summed E-state index contributed by atoms with van der Waals surface area (Å²) >= 11 is 0. The fourth-order valence-corrected chi connectivity index (χ4v) is 3.23. The molecule has 2 saturated heterocycles. The lowest BCUT2D eigenvalue weighted by molar-refractivity contribution is 0.0256. The average molecular weight is 349 g/mol. The number of carbonyl (C=O) groups excluding carboxylic acids is 1. The van der Waals surface area contributed by atoms with Crippen LogP contribution in [0.1, 0.15) is 12.8 Å². The number of amides is 1. The summed E-state index contributed by atoms with van der Waals surface area (Å²) in [5.74, 6) is 0.929. The van der Waals surface area contributed by atoms with Crippen molar-refractivity contribution in [2.24, 2.45) is 5.73 Å². The van der Waals surface area contributed by atoms with Gasteiger partial charge < -0.3 is 24.8 Å². The third-order valence-corrected chi connectivity index (χ3v) is 4.70.